The van der Waals surface area contributed by atoms with E-state index in [4.69, 9.17) is 6.42 Å². The number of hydrogen-bond donors (Lipinski definition) is 0. The van der Waals surface area contributed by atoms with E-state index in [-0.39, 0.29) is 0 Å². The van der Waals surface area contributed by atoms with Crippen LogP contribution in [0.2, 0.25) is 0 Å². The highest BCUT2D eigenvalue weighted by Crippen LogP contribution is 2.17. The average Bonchev–Trinajstić information content (AvgIpc) is 2.49. The molecule has 3 rings (SSSR count). The smallest absolute Gasteiger partial charge is 0.204 e. The molecule has 0 aliphatic heterocycles. The molecule has 0 fully saturated rings. The van der Waals surface area contributed by atoms with E-state index in [0.717, 1.165) is 18.5 Å². The van der Waals surface area contributed by atoms with Gasteiger partial charge in [0.05, 0.1) is 0 Å². The van der Waals surface area contributed by atoms with E-state index in [1.165, 1.54) is 18.4 Å². The van der Waals surface area contributed by atoms with Crippen molar-refractivity contribution in [1.29, 1.82) is 0 Å². The Morgan fingerprint density at radius 3 is 2.17 bits per heavy atom. The van der Waals surface area contributed by atoms with Gasteiger partial charge < -0.3 is 0 Å². The fourth-order valence-electron chi connectivity index (χ4n) is 1.93. The van der Waals surface area contributed by atoms with Crippen molar-refractivity contribution in [2.24, 2.45) is 0 Å². The summed E-state index contributed by atoms with van der Waals surface area (Å²) in [6, 6.07) is 12.0. The Kier molecular flexibility index (Phi) is 4.49. The van der Waals surface area contributed by atoms with E-state index < -0.39 is 0 Å². The van der Waals surface area contributed by atoms with Crippen LogP contribution in [0.25, 0.3) is 0 Å². The van der Waals surface area contributed by atoms with Crippen molar-refractivity contribution in [2.75, 3.05) is 0 Å². The molecule has 1 aromatic carbocycles. The Morgan fingerprint density at radius 2 is 1.56 bits per heavy atom. The first-order valence-corrected chi connectivity index (χ1v) is 6.21. The maximum atomic E-state index is 5.21. The van der Waals surface area contributed by atoms with E-state index in [9.17, 15) is 0 Å². The van der Waals surface area contributed by atoms with Crippen molar-refractivity contribution in [2.45, 2.75) is 25.7 Å². The van der Waals surface area contributed by atoms with E-state index in [2.05, 4.69) is 15.9 Å². The molecule has 1 aliphatic carbocycles. The van der Waals surface area contributed by atoms with Gasteiger partial charge in [-0.3, -0.25) is 0 Å². The minimum absolute atomic E-state index is 0.524. The molecule has 1 aliphatic rings. The topological polar surface area (TPSA) is 25.8 Å². The third-order valence-corrected chi connectivity index (χ3v) is 2.86. The van der Waals surface area contributed by atoms with Crippen LogP contribution in [0.15, 0.2) is 42.6 Å². The van der Waals surface area contributed by atoms with Crippen LogP contribution < -0.4 is 0 Å². The van der Waals surface area contributed by atoms with Gasteiger partial charge in [-0.2, -0.15) is 0 Å². The van der Waals surface area contributed by atoms with E-state index in [0.29, 0.717) is 5.82 Å². The highest BCUT2D eigenvalue weighted by atomic mass is 14.9. The third-order valence-electron chi connectivity index (χ3n) is 2.86. The van der Waals surface area contributed by atoms with Gasteiger partial charge in [0.1, 0.15) is 0 Å². The number of fused-ring (bicyclic) bond motifs is 1. The fraction of sp³-hybridized carbons (Fsp3) is 0.250. The maximum Gasteiger partial charge on any atom is 0.204 e. The van der Waals surface area contributed by atoms with Crippen LogP contribution in [0.1, 0.15) is 29.9 Å². The SMILES string of the molecule is C#Cc1ncc2c(n1)CCCC2.c1ccccc1. The lowest BCUT2D eigenvalue weighted by Crippen LogP contribution is -2.07. The lowest BCUT2D eigenvalue weighted by Gasteiger charge is -2.13. The third kappa shape index (κ3) is 3.43. The minimum Gasteiger partial charge on any atom is -0.229 e. The monoisotopic (exact) mass is 236 g/mol. The van der Waals surface area contributed by atoms with Crippen molar-refractivity contribution >= 4 is 0 Å². The first kappa shape index (κ1) is 12.3. The van der Waals surface area contributed by atoms with Crippen LogP contribution in [0.3, 0.4) is 0 Å². The van der Waals surface area contributed by atoms with Gasteiger partial charge in [-0.25, -0.2) is 9.97 Å². The molecule has 0 saturated carbocycles. The minimum atomic E-state index is 0.524. The standard InChI is InChI=1S/C10H10N2.C6H6/c1-2-10-11-7-8-5-3-4-6-9(8)12-10;1-2-4-6-5-3-1/h1,7H,3-6H2;1-6H. The van der Waals surface area contributed by atoms with Gasteiger partial charge in [-0.15, -0.1) is 6.42 Å². The first-order chi connectivity index (χ1) is 8.90. The summed E-state index contributed by atoms with van der Waals surface area (Å²) >= 11 is 0. The van der Waals surface area contributed by atoms with Gasteiger partial charge in [0.25, 0.3) is 0 Å². The van der Waals surface area contributed by atoms with Crippen LogP contribution in [0.4, 0.5) is 0 Å². The van der Waals surface area contributed by atoms with Crippen molar-refractivity contribution in [3.63, 3.8) is 0 Å². The van der Waals surface area contributed by atoms with Gasteiger partial charge in [-0.1, -0.05) is 36.4 Å². The van der Waals surface area contributed by atoms with Crippen LogP contribution in [0, 0.1) is 12.3 Å². The summed E-state index contributed by atoms with van der Waals surface area (Å²) in [6.07, 6.45) is 11.7. The Bertz CT molecular complexity index is 500. The van der Waals surface area contributed by atoms with Crippen LogP contribution in [0.5, 0.6) is 0 Å². The van der Waals surface area contributed by atoms with Gasteiger partial charge in [0.15, 0.2) is 0 Å². The number of terminal acetylenes is 1. The van der Waals surface area contributed by atoms with Gasteiger partial charge in [-0.05, 0) is 37.2 Å². The molecule has 0 radical (unpaired) electrons. The molecule has 0 N–H and O–H groups in total. The largest absolute Gasteiger partial charge is 0.229 e. The first-order valence-electron chi connectivity index (χ1n) is 6.21. The molecular weight excluding hydrogens is 220 g/mol. The van der Waals surface area contributed by atoms with E-state index in [1.54, 1.807) is 0 Å². The van der Waals surface area contributed by atoms with Crippen molar-refractivity contribution in [3.8, 4) is 12.3 Å². The molecule has 2 nitrogen and oxygen atoms in total. The molecule has 1 heterocycles. The second-order valence-electron chi connectivity index (χ2n) is 4.17. The number of aryl methyl sites for hydroxylation is 2. The molecule has 0 unspecified atom stereocenters. The van der Waals surface area contributed by atoms with Gasteiger partial charge in [0.2, 0.25) is 5.82 Å². The zero-order chi connectivity index (χ0) is 12.6. The van der Waals surface area contributed by atoms with Crippen molar-refractivity contribution in [3.05, 3.63) is 59.7 Å². The predicted octanol–water partition coefficient (Wildman–Crippen LogP) is 3.02. The second-order valence-corrected chi connectivity index (χ2v) is 4.17. The summed E-state index contributed by atoms with van der Waals surface area (Å²) in [5.74, 6) is 2.98. The molecule has 0 amide bonds. The zero-order valence-electron chi connectivity index (χ0n) is 10.3. The van der Waals surface area contributed by atoms with Crippen LogP contribution >= 0.6 is 0 Å². The predicted molar refractivity (Wildman–Crippen MR) is 73.1 cm³/mol. The molecule has 0 spiro atoms. The summed E-state index contributed by atoms with van der Waals surface area (Å²) in [7, 11) is 0. The molecule has 2 aromatic rings. The Balaban J connectivity index is 0.000000169. The van der Waals surface area contributed by atoms with Crippen LogP contribution in [-0.4, -0.2) is 9.97 Å². The lowest BCUT2D eigenvalue weighted by atomic mass is 9.98. The Morgan fingerprint density at radius 1 is 0.944 bits per heavy atom. The average molecular weight is 236 g/mol. The van der Waals surface area contributed by atoms with Crippen molar-refractivity contribution in [1.82, 2.24) is 9.97 Å². The number of aromatic nitrogens is 2. The zero-order valence-corrected chi connectivity index (χ0v) is 10.3. The van der Waals surface area contributed by atoms with Gasteiger partial charge >= 0.3 is 0 Å². The fourth-order valence-corrected chi connectivity index (χ4v) is 1.93. The summed E-state index contributed by atoms with van der Waals surface area (Å²) in [5.41, 5.74) is 2.43. The Labute approximate surface area is 108 Å². The quantitative estimate of drug-likeness (QED) is 0.657. The molecule has 90 valence electrons. The summed E-state index contributed by atoms with van der Waals surface area (Å²) in [4.78, 5) is 8.35. The number of rotatable bonds is 0. The van der Waals surface area contributed by atoms with Gasteiger partial charge in [0, 0.05) is 11.9 Å². The lowest BCUT2D eigenvalue weighted by molar-refractivity contribution is 0.660. The normalized spacial score (nSPS) is 12.6. The summed E-state index contributed by atoms with van der Waals surface area (Å²) in [6.45, 7) is 0. The number of benzene rings is 1. The number of nitrogens with zero attached hydrogens (tertiary/aromatic N) is 2. The highest BCUT2D eigenvalue weighted by molar-refractivity contribution is 5.25. The molecule has 2 heteroatoms. The second kappa shape index (κ2) is 6.56. The van der Waals surface area contributed by atoms with E-state index in [1.807, 2.05) is 42.6 Å². The van der Waals surface area contributed by atoms with Crippen LogP contribution in [-0.2, 0) is 12.8 Å². The highest BCUT2D eigenvalue weighted by Gasteiger charge is 2.10. The van der Waals surface area contributed by atoms with E-state index >= 15 is 0 Å². The molecule has 0 atom stereocenters. The molecule has 0 bridgehead atoms. The summed E-state index contributed by atoms with van der Waals surface area (Å²) < 4.78 is 0. The number of hydrogen-bond acceptors (Lipinski definition) is 2. The maximum absolute atomic E-state index is 5.21. The molecule has 18 heavy (non-hydrogen) atoms. The summed E-state index contributed by atoms with van der Waals surface area (Å²) in [5, 5.41) is 0. The Hall–Kier alpha value is -2.14. The molecule has 1 aromatic heterocycles. The molecule has 0 saturated heterocycles. The van der Waals surface area contributed by atoms with Crippen molar-refractivity contribution < 1.29 is 0 Å². The molecular formula is C16H16N2.